The highest BCUT2D eigenvalue weighted by molar-refractivity contribution is 8.09. The van der Waals surface area contributed by atoms with Crippen molar-refractivity contribution in [1.82, 2.24) is 21.1 Å². The average Bonchev–Trinajstić information content (AvgIpc) is 2.53. The van der Waals surface area contributed by atoms with E-state index in [9.17, 15) is 0 Å². The van der Waals surface area contributed by atoms with Crippen LogP contribution in [0.4, 0.5) is 0 Å². The van der Waals surface area contributed by atoms with Gasteiger partial charge in [0.15, 0.2) is 10.2 Å². The topological polar surface area (TPSA) is 104 Å². The van der Waals surface area contributed by atoms with Crippen LogP contribution in [0.25, 0.3) is 0 Å². The molecule has 0 aromatic rings. The Morgan fingerprint density at radius 3 is 1.06 bits per heavy atom. The van der Waals surface area contributed by atoms with Gasteiger partial charge in [-0.25, -0.2) is 11.0 Å². The van der Waals surface area contributed by atoms with Crippen LogP contribution in [-0.4, -0.2) is 47.9 Å². The number of hydrogen-bond acceptors (Lipinski definition) is 10. The fraction of sp³-hybridized carbons (Fsp3) is 0.875. The molecule has 0 fully saturated rings. The lowest BCUT2D eigenvalue weighted by atomic mass is 10.5. The van der Waals surface area contributed by atoms with Crippen LogP contribution in [0.2, 0.25) is 0 Å². The minimum Gasteiger partial charge on any atom is -0.311 e. The van der Waals surface area contributed by atoms with Crippen LogP contribution in [0.15, 0.2) is 0 Å². The van der Waals surface area contributed by atoms with Crippen LogP contribution in [0.5, 0.6) is 0 Å². The lowest BCUT2D eigenvalue weighted by Crippen LogP contribution is -2.37. The van der Waals surface area contributed by atoms with Crippen molar-refractivity contribution in [2.75, 3.05) is 13.2 Å². The fourth-order valence-electron chi connectivity index (χ4n) is 1.88. The molecule has 0 amide bonds. The molecule has 0 aromatic heterocycles. The van der Waals surface area contributed by atoms with Gasteiger partial charge in [0.05, 0.1) is 24.4 Å². The molecule has 190 valence electrons. The predicted octanol–water partition coefficient (Wildman–Crippen LogP) is 3.93. The standard InChI is InChI=1S/C16H36N4O6P2S4/c1-11(2)23-27(31,24-12(3)4)19-15(29)17-21-9-10-22-18-16(30)20-28(32,25-13(5)6)26-14(7)8/h11-14H,9-10H2,1-8H3,(H2,17,19,29,31)(H2,18,20,30,32). The Kier molecular flexibility index (Phi) is 16.4. The summed E-state index contributed by atoms with van der Waals surface area (Å²) >= 11 is 21.3. The van der Waals surface area contributed by atoms with Crippen molar-refractivity contribution >= 4 is 71.6 Å². The Bertz CT molecular complexity index is 601. The third-order valence-electron chi connectivity index (χ3n) is 2.49. The summed E-state index contributed by atoms with van der Waals surface area (Å²) in [7, 11) is 0. The van der Waals surface area contributed by atoms with E-state index < -0.39 is 13.3 Å². The van der Waals surface area contributed by atoms with Crippen LogP contribution < -0.4 is 21.1 Å². The maximum Gasteiger partial charge on any atom is 0.289 e. The SMILES string of the molecule is CC(C)OP(=S)(NC(=S)NOCCONC(=S)NP(=S)(OC(C)C)OC(C)C)OC(C)C. The van der Waals surface area contributed by atoms with E-state index in [1.807, 2.05) is 55.4 Å². The molecular weight excluding hydrogens is 534 g/mol. The van der Waals surface area contributed by atoms with E-state index in [1.165, 1.54) is 0 Å². The van der Waals surface area contributed by atoms with Crippen molar-refractivity contribution in [3.63, 3.8) is 0 Å². The van der Waals surface area contributed by atoms with Crippen LogP contribution in [-0.2, 0) is 51.4 Å². The molecule has 0 saturated carbocycles. The molecule has 4 N–H and O–H groups in total. The van der Waals surface area contributed by atoms with Gasteiger partial charge in [-0.1, -0.05) is 0 Å². The summed E-state index contributed by atoms with van der Waals surface area (Å²) in [6.07, 6.45) is -0.497. The van der Waals surface area contributed by atoms with Gasteiger partial charge in [0.1, 0.15) is 13.2 Å². The number of hydroxylamine groups is 2. The van der Waals surface area contributed by atoms with Gasteiger partial charge in [0.25, 0.3) is 13.3 Å². The first-order valence-electron chi connectivity index (χ1n) is 10.00. The van der Waals surface area contributed by atoms with E-state index >= 15 is 0 Å². The first kappa shape index (κ1) is 32.4. The zero-order valence-corrected chi connectivity index (χ0v) is 24.8. The van der Waals surface area contributed by atoms with E-state index in [2.05, 4.69) is 21.1 Å². The van der Waals surface area contributed by atoms with Crippen molar-refractivity contribution in [3.8, 4) is 0 Å². The smallest absolute Gasteiger partial charge is 0.289 e. The van der Waals surface area contributed by atoms with E-state index in [0.29, 0.717) is 0 Å². The molecule has 0 unspecified atom stereocenters. The Hall–Kier alpha value is 0.440. The van der Waals surface area contributed by atoms with Gasteiger partial charge in [-0.2, -0.15) is 0 Å². The normalized spacial score (nSPS) is 12.5. The van der Waals surface area contributed by atoms with E-state index in [-0.39, 0.29) is 47.9 Å². The van der Waals surface area contributed by atoms with E-state index in [1.54, 1.807) is 0 Å². The van der Waals surface area contributed by atoms with Gasteiger partial charge >= 0.3 is 0 Å². The first-order chi connectivity index (χ1) is 14.7. The van der Waals surface area contributed by atoms with Gasteiger partial charge in [0.2, 0.25) is 0 Å². The Morgan fingerprint density at radius 2 is 0.844 bits per heavy atom. The molecule has 0 atom stereocenters. The van der Waals surface area contributed by atoms with Crippen LogP contribution in [0.3, 0.4) is 0 Å². The van der Waals surface area contributed by atoms with Gasteiger partial charge < -0.3 is 18.1 Å². The molecule has 0 aliphatic rings. The molecule has 0 aliphatic carbocycles. The molecule has 0 bridgehead atoms. The molecule has 0 aliphatic heterocycles. The quantitative estimate of drug-likeness (QED) is 0.0989. The first-order valence-corrected chi connectivity index (χ1v) is 16.1. The lowest BCUT2D eigenvalue weighted by Gasteiger charge is -2.27. The van der Waals surface area contributed by atoms with Crippen LogP contribution in [0, 0.1) is 0 Å². The number of thiocarbonyl (C=S) groups is 2. The van der Waals surface area contributed by atoms with Crippen molar-refractivity contribution in [2.24, 2.45) is 0 Å². The second-order valence-corrected chi connectivity index (χ2v) is 14.4. The second-order valence-electron chi connectivity index (χ2n) is 7.39. The highest BCUT2D eigenvalue weighted by Gasteiger charge is 2.25. The highest BCUT2D eigenvalue weighted by atomic mass is 32.5. The van der Waals surface area contributed by atoms with Crippen molar-refractivity contribution in [3.05, 3.63) is 0 Å². The third kappa shape index (κ3) is 17.0. The molecule has 0 aromatic carbocycles. The van der Waals surface area contributed by atoms with Gasteiger partial charge in [-0.15, -0.1) is 0 Å². The summed E-state index contributed by atoms with van der Waals surface area (Å²) in [5, 5.41) is 6.05. The predicted molar refractivity (Wildman–Crippen MR) is 143 cm³/mol. The van der Waals surface area contributed by atoms with Gasteiger partial charge in [0, 0.05) is 0 Å². The second kappa shape index (κ2) is 16.2. The van der Waals surface area contributed by atoms with Crippen molar-refractivity contribution in [2.45, 2.75) is 79.8 Å². The van der Waals surface area contributed by atoms with Gasteiger partial charge in [-0.3, -0.25) is 19.8 Å². The Balaban J connectivity index is 4.32. The maximum atomic E-state index is 5.71. The summed E-state index contributed by atoms with van der Waals surface area (Å²) in [6, 6.07) is 0. The molecule has 0 saturated heterocycles. The van der Waals surface area contributed by atoms with Gasteiger partial charge in [-0.05, 0) is 103 Å². The molecule has 0 rings (SSSR count). The van der Waals surface area contributed by atoms with E-state index in [0.717, 1.165) is 0 Å². The summed E-state index contributed by atoms with van der Waals surface area (Å²) < 4.78 is 22.8. The number of rotatable bonds is 15. The molecule has 16 heteroatoms. The fourth-order valence-corrected chi connectivity index (χ4v) is 8.79. The highest BCUT2D eigenvalue weighted by Crippen LogP contribution is 2.47. The van der Waals surface area contributed by atoms with Crippen molar-refractivity contribution in [1.29, 1.82) is 0 Å². The molecular formula is C16H36N4O6P2S4. The summed E-state index contributed by atoms with van der Waals surface area (Å²) in [4.78, 5) is 10.5. The average molecular weight is 571 g/mol. The molecule has 32 heavy (non-hydrogen) atoms. The Morgan fingerprint density at radius 1 is 0.594 bits per heavy atom. The third-order valence-corrected chi connectivity index (χ3v) is 8.54. The molecule has 0 radical (unpaired) electrons. The Labute approximate surface area is 212 Å². The largest absolute Gasteiger partial charge is 0.311 e. The monoisotopic (exact) mass is 570 g/mol. The number of hydrogen-bond donors (Lipinski definition) is 4. The number of nitrogens with one attached hydrogen (secondary N) is 4. The molecule has 0 spiro atoms. The lowest BCUT2D eigenvalue weighted by molar-refractivity contribution is 0.00107. The summed E-state index contributed by atoms with van der Waals surface area (Å²) in [6.45, 7) is 9.62. The molecule has 0 heterocycles. The summed E-state index contributed by atoms with van der Waals surface area (Å²) in [5.41, 5.74) is 5.14. The zero-order chi connectivity index (χ0) is 24.9. The van der Waals surface area contributed by atoms with Crippen LogP contribution in [0.1, 0.15) is 55.4 Å². The van der Waals surface area contributed by atoms with Crippen molar-refractivity contribution < 1.29 is 27.8 Å². The summed E-state index contributed by atoms with van der Waals surface area (Å²) in [5.74, 6) is 0. The maximum absolute atomic E-state index is 5.71. The minimum atomic E-state index is -2.80. The molecule has 10 nitrogen and oxygen atoms in total. The van der Waals surface area contributed by atoms with E-state index in [4.69, 9.17) is 75.8 Å². The van der Waals surface area contributed by atoms with Crippen LogP contribution >= 0.6 is 37.7 Å². The minimum absolute atomic E-state index is 0.124. The zero-order valence-electron chi connectivity index (χ0n) is 19.7.